The predicted molar refractivity (Wildman–Crippen MR) is 109 cm³/mol. The Balaban J connectivity index is 1.96. The van der Waals surface area contributed by atoms with Crippen molar-refractivity contribution < 1.29 is 36.3 Å². The van der Waals surface area contributed by atoms with E-state index < -0.39 is 35.1 Å². The Morgan fingerprint density at radius 1 is 1.06 bits per heavy atom. The first-order chi connectivity index (χ1) is 14.7. The third-order valence-electron chi connectivity index (χ3n) is 4.11. The Labute approximate surface area is 178 Å². The number of esters is 1. The number of benzene rings is 2. The lowest BCUT2D eigenvalue weighted by atomic mass is 10.2. The molecule has 0 saturated heterocycles. The number of carbonyl (C=O) groups is 2. The van der Waals surface area contributed by atoms with Crippen LogP contribution >= 0.6 is 0 Å². The number of halogens is 2. The number of hydrogen-bond donors (Lipinski definition) is 1. The fourth-order valence-corrected chi connectivity index (χ4v) is 4.14. The Hall–Kier alpha value is -3.05. The highest BCUT2D eigenvalue weighted by Gasteiger charge is 2.22. The van der Waals surface area contributed by atoms with E-state index in [-0.39, 0.29) is 21.9 Å². The molecule has 0 aromatic heterocycles. The van der Waals surface area contributed by atoms with Gasteiger partial charge < -0.3 is 14.8 Å². The van der Waals surface area contributed by atoms with Gasteiger partial charge in [0.25, 0.3) is 5.91 Å². The van der Waals surface area contributed by atoms with Crippen LogP contribution in [0.1, 0.15) is 24.2 Å². The smallest absolute Gasteiger partial charge is 0.387 e. The number of hydrogen-bond acceptors (Lipinski definition) is 6. The van der Waals surface area contributed by atoms with Gasteiger partial charge in [0.15, 0.2) is 6.61 Å². The van der Waals surface area contributed by atoms with Gasteiger partial charge in [-0.25, -0.2) is 13.2 Å². The summed E-state index contributed by atoms with van der Waals surface area (Å²) in [7, 11) is -3.69. The van der Waals surface area contributed by atoms with Crippen LogP contribution in [-0.2, 0) is 19.6 Å². The molecule has 1 N–H and O–H groups in total. The molecule has 31 heavy (non-hydrogen) atoms. The van der Waals surface area contributed by atoms with E-state index in [0.717, 1.165) is 0 Å². The number of ether oxygens (including phenoxy) is 2. The number of nitrogens with zero attached hydrogens (tertiary/aromatic N) is 1. The molecule has 0 aliphatic carbocycles. The lowest BCUT2D eigenvalue weighted by Gasteiger charge is -2.18. The number of nitrogens with one attached hydrogen (secondary N) is 1. The molecule has 168 valence electrons. The molecule has 2 aromatic carbocycles. The van der Waals surface area contributed by atoms with Crippen LogP contribution in [0.25, 0.3) is 0 Å². The molecule has 0 heterocycles. The summed E-state index contributed by atoms with van der Waals surface area (Å²) in [6.45, 7) is 0.449. The van der Waals surface area contributed by atoms with E-state index in [9.17, 15) is 26.8 Å². The molecule has 8 nitrogen and oxygen atoms in total. The van der Waals surface area contributed by atoms with Gasteiger partial charge in [-0.1, -0.05) is 19.9 Å². The maximum absolute atomic E-state index is 12.6. The average Bonchev–Trinajstić information content (AvgIpc) is 2.73. The monoisotopic (exact) mass is 456 g/mol. The number of sulfonamides is 1. The maximum Gasteiger partial charge on any atom is 0.387 e. The van der Waals surface area contributed by atoms with Gasteiger partial charge in [-0.15, -0.1) is 0 Å². The molecule has 1 amide bonds. The van der Waals surface area contributed by atoms with Gasteiger partial charge >= 0.3 is 12.6 Å². The molecular weight excluding hydrogens is 434 g/mol. The minimum Gasteiger partial charge on any atom is -0.452 e. The topological polar surface area (TPSA) is 102 Å². The van der Waals surface area contributed by atoms with Crippen molar-refractivity contribution in [1.82, 2.24) is 4.31 Å². The van der Waals surface area contributed by atoms with Crippen molar-refractivity contribution in [3.05, 3.63) is 54.1 Å². The quantitative estimate of drug-likeness (QED) is 0.551. The van der Waals surface area contributed by atoms with Crippen molar-refractivity contribution >= 4 is 27.6 Å². The van der Waals surface area contributed by atoms with Crippen molar-refractivity contribution in [2.45, 2.75) is 25.4 Å². The molecule has 0 radical (unpaired) electrons. The largest absolute Gasteiger partial charge is 0.452 e. The molecule has 0 aliphatic rings. The lowest BCUT2D eigenvalue weighted by molar-refractivity contribution is -0.119. The van der Waals surface area contributed by atoms with Crippen LogP contribution in [0, 0.1) is 0 Å². The van der Waals surface area contributed by atoms with Crippen molar-refractivity contribution in [3.63, 3.8) is 0 Å². The van der Waals surface area contributed by atoms with Gasteiger partial charge in [-0.2, -0.15) is 13.1 Å². The first-order valence-corrected chi connectivity index (χ1v) is 10.7. The van der Waals surface area contributed by atoms with Crippen LogP contribution in [0.15, 0.2) is 53.4 Å². The highest BCUT2D eigenvalue weighted by atomic mass is 32.2. The van der Waals surface area contributed by atoms with E-state index in [4.69, 9.17) is 4.74 Å². The molecule has 0 bridgehead atoms. The molecule has 0 fully saturated rings. The fourth-order valence-electron chi connectivity index (χ4n) is 2.63. The van der Waals surface area contributed by atoms with E-state index in [1.165, 1.54) is 52.8 Å². The summed E-state index contributed by atoms with van der Waals surface area (Å²) in [6.07, 6.45) is 0. The summed E-state index contributed by atoms with van der Waals surface area (Å²) in [6, 6.07) is 10.5. The normalized spacial score (nSPS) is 11.4. The highest BCUT2D eigenvalue weighted by Crippen LogP contribution is 2.20. The predicted octanol–water partition coefficient (Wildman–Crippen LogP) is 3.11. The molecule has 11 heteroatoms. The van der Waals surface area contributed by atoms with Crippen LogP contribution in [-0.4, -0.2) is 50.9 Å². The fraction of sp³-hybridized carbons (Fsp3) is 0.300. The second-order valence-electron chi connectivity index (χ2n) is 6.14. The third kappa shape index (κ3) is 6.72. The van der Waals surface area contributed by atoms with E-state index in [2.05, 4.69) is 10.1 Å². The first kappa shape index (κ1) is 24.2. The zero-order chi connectivity index (χ0) is 23.0. The summed E-state index contributed by atoms with van der Waals surface area (Å²) in [4.78, 5) is 24.1. The zero-order valence-corrected chi connectivity index (χ0v) is 17.7. The lowest BCUT2D eigenvalue weighted by Crippen LogP contribution is -2.30. The standard InChI is InChI=1S/C20H22F2N2O6S/c1-3-24(4-2)31(27,28)17-7-5-6-15(12-17)23-18(25)13-29-19(26)14-8-10-16(11-9-14)30-20(21)22/h5-12,20H,3-4,13H2,1-2H3,(H,23,25). The van der Waals surface area contributed by atoms with Gasteiger partial charge in [0.1, 0.15) is 5.75 Å². The van der Waals surface area contributed by atoms with Gasteiger partial charge in [-0.3, -0.25) is 4.79 Å². The summed E-state index contributed by atoms with van der Waals surface area (Å²) < 4.78 is 59.8. The van der Waals surface area contributed by atoms with Crippen LogP contribution in [0.5, 0.6) is 5.75 Å². The van der Waals surface area contributed by atoms with Crippen LogP contribution in [0.2, 0.25) is 0 Å². The van der Waals surface area contributed by atoms with E-state index in [1.54, 1.807) is 13.8 Å². The molecule has 0 unspecified atom stereocenters. The maximum atomic E-state index is 12.6. The van der Waals surface area contributed by atoms with Gasteiger partial charge in [0, 0.05) is 18.8 Å². The SMILES string of the molecule is CCN(CC)S(=O)(=O)c1cccc(NC(=O)COC(=O)c2ccc(OC(F)F)cc2)c1. The number of rotatable bonds is 10. The summed E-state index contributed by atoms with van der Waals surface area (Å²) in [5.74, 6) is -1.64. The number of amides is 1. The molecular formula is C20H22F2N2O6S. The van der Waals surface area contributed by atoms with Crippen molar-refractivity contribution in [2.24, 2.45) is 0 Å². The molecule has 0 saturated carbocycles. The highest BCUT2D eigenvalue weighted by molar-refractivity contribution is 7.89. The van der Waals surface area contributed by atoms with Crippen molar-refractivity contribution in [2.75, 3.05) is 25.0 Å². The average molecular weight is 456 g/mol. The van der Waals surface area contributed by atoms with Gasteiger partial charge in [0.2, 0.25) is 10.0 Å². The van der Waals surface area contributed by atoms with Crippen LogP contribution in [0.3, 0.4) is 0 Å². The van der Waals surface area contributed by atoms with Crippen LogP contribution < -0.4 is 10.1 Å². The van der Waals surface area contributed by atoms with Crippen molar-refractivity contribution in [3.8, 4) is 5.75 Å². The Morgan fingerprint density at radius 2 is 1.71 bits per heavy atom. The summed E-state index contributed by atoms with van der Waals surface area (Å²) >= 11 is 0. The molecule has 0 aliphatic heterocycles. The Morgan fingerprint density at radius 3 is 2.29 bits per heavy atom. The second-order valence-corrected chi connectivity index (χ2v) is 8.08. The van der Waals surface area contributed by atoms with Gasteiger partial charge in [-0.05, 0) is 42.5 Å². The first-order valence-electron chi connectivity index (χ1n) is 9.29. The minimum atomic E-state index is -3.69. The van der Waals surface area contributed by atoms with Crippen molar-refractivity contribution in [1.29, 1.82) is 0 Å². The minimum absolute atomic E-state index is 0.0251. The molecule has 2 rings (SSSR count). The van der Waals surface area contributed by atoms with Crippen LogP contribution in [0.4, 0.5) is 14.5 Å². The third-order valence-corrected chi connectivity index (χ3v) is 6.16. The second kappa shape index (κ2) is 10.8. The number of alkyl halides is 2. The van der Waals surface area contributed by atoms with E-state index in [1.807, 2.05) is 0 Å². The summed E-state index contributed by atoms with van der Waals surface area (Å²) in [5, 5.41) is 2.46. The zero-order valence-electron chi connectivity index (χ0n) is 16.9. The Bertz CT molecular complexity index is 1010. The van der Waals surface area contributed by atoms with E-state index >= 15 is 0 Å². The summed E-state index contributed by atoms with van der Waals surface area (Å²) in [5.41, 5.74) is 0.268. The molecule has 0 atom stereocenters. The number of carbonyl (C=O) groups excluding carboxylic acids is 2. The Kier molecular flexibility index (Phi) is 8.46. The molecule has 0 spiro atoms. The molecule has 2 aromatic rings. The van der Waals surface area contributed by atoms with E-state index in [0.29, 0.717) is 13.1 Å². The van der Waals surface area contributed by atoms with Gasteiger partial charge in [0.05, 0.1) is 10.5 Å². The number of anilines is 1.